The molecule has 1 saturated heterocycles. The number of aromatic nitrogens is 1. The van der Waals surface area contributed by atoms with Gasteiger partial charge >= 0.3 is 6.18 Å². The molecular weight excluding hydrogens is 465 g/mol. The third-order valence-corrected chi connectivity index (χ3v) is 6.18. The second-order valence-corrected chi connectivity index (χ2v) is 8.18. The number of nitrogens with zero attached hydrogens (tertiary/aromatic N) is 1. The van der Waals surface area contributed by atoms with Crippen LogP contribution in [-0.2, 0) is 9.53 Å². The zero-order valence-electron chi connectivity index (χ0n) is 18.6. The highest BCUT2D eigenvalue weighted by molar-refractivity contribution is 5.98. The van der Waals surface area contributed by atoms with Crippen LogP contribution in [0.4, 0.5) is 27.6 Å². The number of anilines is 1. The second kappa shape index (κ2) is 8.82. The molecule has 0 spiro atoms. The lowest BCUT2D eigenvalue weighted by Gasteiger charge is -2.32. The zero-order chi connectivity index (χ0) is 25.6. The number of benzene rings is 1. The number of primary amides is 1. The van der Waals surface area contributed by atoms with Crippen LogP contribution in [0.15, 0.2) is 24.4 Å². The molecule has 3 N–H and O–H groups in total. The van der Waals surface area contributed by atoms with Crippen LogP contribution in [0.2, 0.25) is 0 Å². The molecule has 1 aromatic heterocycles. The quantitative estimate of drug-likeness (QED) is 0.624. The van der Waals surface area contributed by atoms with Gasteiger partial charge in [0, 0.05) is 29.3 Å². The van der Waals surface area contributed by atoms with Crippen LogP contribution >= 0.6 is 0 Å². The first-order chi connectivity index (χ1) is 15.7. The smallest absolute Gasteiger partial charge is 0.417 e. The summed E-state index contributed by atoms with van der Waals surface area (Å²) in [4.78, 5) is 28.4. The maximum absolute atomic E-state index is 14.4. The molecule has 184 valence electrons. The summed E-state index contributed by atoms with van der Waals surface area (Å²) in [6, 6.07) is 2.97. The van der Waals surface area contributed by atoms with Gasteiger partial charge in [0.2, 0.25) is 5.82 Å². The second-order valence-electron chi connectivity index (χ2n) is 8.18. The summed E-state index contributed by atoms with van der Waals surface area (Å²) in [5.74, 6) is -7.94. The van der Waals surface area contributed by atoms with Crippen LogP contribution in [0.1, 0.15) is 41.4 Å². The minimum absolute atomic E-state index is 0.0710. The lowest BCUT2D eigenvalue weighted by atomic mass is 9.77. The molecule has 2 amide bonds. The van der Waals surface area contributed by atoms with Crippen LogP contribution < -0.4 is 15.8 Å². The maximum Gasteiger partial charge on any atom is 0.417 e. The van der Waals surface area contributed by atoms with Crippen LogP contribution in [0.25, 0.3) is 0 Å². The Hall–Kier alpha value is -3.28. The summed E-state index contributed by atoms with van der Waals surface area (Å²) in [5, 5.41) is 2.43. The number of amides is 2. The fraction of sp³-hybridized carbons (Fsp3) is 0.409. The average molecular weight is 487 g/mol. The number of methoxy groups -OCH3 is 1. The molecule has 2 aromatic rings. The average Bonchev–Trinajstić information content (AvgIpc) is 3.03. The topological polar surface area (TPSA) is 104 Å². The number of aryl methyl sites for hydroxylation is 1. The summed E-state index contributed by atoms with van der Waals surface area (Å²) in [6.07, 6.45) is -5.41. The Labute approximate surface area is 191 Å². The number of carbonyl (C=O) groups is 2. The number of hydrogen-bond acceptors (Lipinski definition) is 5. The standard InChI is InChI=1S/C22H22F5N3O4/c1-9-8-29-14(19(28)31)7-13(9)30-20(32)18-15(10(2)21(3,34-18)22(25,26)27)11-5-6-12(23)16(24)17(11)33-4/h5-8,10,15,18H,1-4H3,(H2,28,31)(H,29,30,32)/t10-,15+,18-,21+/m0/s1. The van der Waals surface area contributed by atoms with E-state index in [0.717, 1.165) is 26.2 Å². The van der Waals surface area contributed by atoms with Crippen LogP contribution in [0.3, 0.4) is 0 Å². The molecule has 0 bridgehead atoms. The predicted octanol–water partition coefficient (Wildman–Crippen LogP) is 3.85. The third kappa shape index (κ3) is 4.17. The Morgan fingerprint density at radius 1 is 1.26 bits per heavy atom. The summed E-state index contributed by atoms with van der Waals surface area (Å²) in [7, 11) is 1.03. The number of rotatable bonds is 5. The molecule has 7 nitrogen and oxygen atoms in total. The van der Waals surface area contributed by atoms with Gasteiger partial charge in [-0.2, -0.15) is 17.6 Å². The number of halogens is 5. The van der Waals surface area contributed by atoms with Crippen LogP contribution in [0.5, 0.6) is 5.75 Å². The molecule has 2 heterocycles. The number of nitrogens with two attached hydrogens (primary N) is 1. The number of pyridine rings is 1. The van der Waals surface area contributed by atoms with Gasteiger partial charge in [0.1, 0.15) is 11.8 Å². The highest BCUT2D eigenvalue weighted by Gasteiger charge is 2.65. The zero-order valence-corrected chi connectivity index (χ0v) is 18.6. The number of ether oxygens (including phenoxy) is 2. The highest BCUT2D eigenvalue weighted by atomic mass is 19.4. The Balaban J connectivity index is 2.10. The Bertz CT molecular complexity index is 1140. The van der Waals surface area contributed by atoms with E-state index in [4.69, 9.17) is 15.2 Å². The van der Waals surface area contributed by atoms with Gasteiger partial charge in [0.25, 0.3) is 11.8 Å². The van der Waals surface area contributed by atoms with Gasteiger partial charge in [-0.25, -0.2) is 4.39 Å². The lowest BCUT2D eigenvalue weighted by Crippen LogP contribution is -2.47. The summed E-state index contributed by atoms with van der Waals surface area (Å²) in [6.45, 7) is 3.53. The SMILES string of the molecule is COc1c([C@@H]2[C@@H](C(=O)Nc3cc(C(N)=O)ncc3C)O[C@@](C)(C(F)(F)F)[C@H]2C)ccc(F)c1F. The van der Waals surface area contributed by atoms with Crippen molar-refractivity contribution in [3.63, 3.8) is 0 Å². The molecule has 3 rings (SSSR count). The van der Waals surface area contributed by atoms with E-state index in [0.29, 0.717) is 5.56 Å². The van der Waals surface area contributed by atoms with E-state index in [2.05, 4.69) is 10.3 Å². The van der Waals surface area contributed by atoms with Gasteiger partial charge < -0.3 is 20.5 Å². The largest absolute Gasteiger partial charge is 0.493 e. The fourth-order valence-electron chi connectivity index (χ4n) is 4.04. The van der Waals surface area contributed by atoms with E-state index < -0.39 is 58.9 Å². The fourth-order valence-corrected chi connectivity index (χ4v) is 4.04. The minimum atomic E-state index is -4.89. The molecular formula is C22H22F5N3O4. The lowest BCUT2D eigenvalue weighted by molar-refractivity contribution is -0.272. The van der Waals surface area contributed by atoms with Gasteiger partial charge in [-0.3, -0.25) is 14.6 Å². The van der Waals surface area contributed by atoms with E-state index in [-0.39, 0.29) is 16.9 Å². The normalized spacial score (nSPS) is 24.7. The first-order valence-corrected chi connectivity index (χ1v) is 10.1. The molecule has 1 aliphatic rings. The van der Waals surface area contributed by atoms with E-state index >= 15 is 0 Å². The first-order valence-electron chi connectivity index (χ1n) is 10.1. The van der Waals surface area contributed by atoms with Crippen LogP contribution in [0, 0.1) is 24.5 Å². The van der Waals surface area contributed by atoms with Crippen molar-refractivity contribution in [1.29, 1.82) is 0 Å². The van der Waals surface area contributed by atoms with E-state index in [9.17, 15) is 31.5 Å². The van der Waals surface area contributed by atoms with Gasteiger partial charge in [-0.15, -0.1) is 0 Å². The number of alkyl halides is 3. The molecule has 4 atom stereocenters. The molecule has 1 aromatic carbocycles. The first kappa shape index (κ1) is 25.3. The summed E-state index contributed by atoms with van der Waals surface area (Å²) in [5.41, 5.74) is 2.53. The van der Waals surface area contributed by atoms with Crippen molar-refractivity contribution in [2.45, 2.75) is 44.6 Å². The minimum Gasteiger partial charge on any atom is -0.493 e. The third-order valence-electron chi connectivity index (χ3n) is 6.18. The van der Waals surface area contributed by atoms with Gasteiger partial charge in [-0.1, -0.05) is 13.0 Å². The maximum atomic E-state index is 14.4. The van der Waals surface area contributed by atoms with Crippen molar-refractivity contribution in [2.75, 3.05) is 12.4 Å². The predicted molar refractivity (Wildman–Crippen MR) is 110 cm³/mol. The van der Waals surface area contributed by atoms with Crippen molar-refractivity contribution >= 4 is 17.5 Å². The van der Waals surface area contributed by atoms with Gasteiger partial charge in [0.15, 0.2) is 17.2 Å². The molecule has 0 aliphatic carbocycles. The van der Waals surface area contributed by atoms with E-state index in [1.54, 1.807) is 6.92 Å². The van der Waals surface area contributed by atoms with Crippen LogP contribution in [-0.4, -0.2) is 41.8 Å². The summed E-state index contributed by atoms with van der Waals surface area (Å²) < 4.78 is 80.4. The molecule has 12 heteroatoms. The Morgan fingerprint density at radius 3 is 2.47 bits per heavy atom. The van der Waals surface area contributed by atoms with Crippen molar-refractivity contribution in [1.82, 2.24) is 4.98 Å². The molecule has 1 aliphatic heterocycles. The molecule has 1 fully saturated rings. The van der Waals surface area contributed by atoms with E-state index in [1.165, 1.54) is 19.2 Å². The number of nitrogens with one attached hydrogen (secondary N) is 1. The van der Waals surface area contributed by atoms with Gasteiger partial charge in [-0.05, 0) is 31.5 Å². The van der Waals surface area contributed by atoms with Crippen molar-refractivity contribution in [3.05, 3.63) is 52.9 Å². The number of carbonyl (C=O) groups excluding carboxylic acids is 2. The monoisotopic (exact) mass is 487 g/mol. The Kier molecular flexibility index (Phi) is 6.57. The molecule has 0 saturated carbocycles. The van der Waals surface area contributed by atoms with E-state index in [1.807, 2.05) is 0 Å². The van der Waals surface area contributed by atoms with Crippen molar-refractivity contribution in [2.24, 2.45) is 11.7 Å². The van der Waals surface area contributed by atoms with Crippen molar-refractivity contribution in [3.8, 4) is 5.75 Å². The van der Waals surface area contributed by atoms with Gasteiger partial charge in [0.05, 0.1) is 7.11 Å². The molecule has 34 heavy (non-hydrogen) atoms. The summed E-state index contributed by atoms with van der Waals surface area (Å²) >= 11 is 0. The molecule has 0 radical (unpaired) electrons. The highest BCUT2D eigenvalue weighted by Crippen LogP contribution is 2.55. The van der Waals surface area contributed by atoms with Crippen molar-refractivity contribution < 1.29 is 41.0 Å². The molecule has 0 unspecified atom stereocenters. The Morgan fingerprint density at radius 2 is 1.91 bits per heavy atom. The number of hydrogen-bond donors (Lipinski definition) is 2.